The third-order valence-electron chi connectivity index (χ3n) is 5.80. The van der Waals surface area contributed by atoms with Crippen LogP contribution < -0.4 is 9.47 Å². The normalized spacial score (nSPS) is 11.0. The topological polar surface area (TPSA) is 80.5 Å². The number of aryl methyl sites for hydroxylation is 1. The molecular formula is C30H36N2O4. The minimum atomic E-state index is -0.927. The Labute approximate surface area is 214 Å². The maximum atomic E-state index is 10.9. The zero-order chi connectivity index (χ0) is 25.4. The summed E-state index contributed by atoms with van der Waals surface area (Å²) in [4.78, 5) is 10.9. The van der Waals surface area contributed by atoms with Gasteiger partial charge in [-0.3, -0.25) is 0 Å². The number of rotatable bonds is 16. The molecule has 0 saturated heterocycles. The molecule has 0 bridgehead atoms. The second-order valence-corrected chi connectivity index (χ2v) is 8.76. The molecule has 0 spiro atoms. The SMILES string of the molecule is CCCCc1ccc(N=Nc2ccc(OCCCCCCCOc3ccc(C(=O)O)cc3)cc2)cc1. The number of carboxylic acid groups (broad SMARTS) is 1. The van der Waals surface area contributed by atoms with E-state index in [4.69, 9.17) is 14.6 Å². The number of carboxylic acids is 1. The van der Waals surface area contributed by atoms with Crippen molar-refractivity contribution in [1.29, 1.82) is 0 Å². The molecule has 6 nitrogen and oxygen atoms in total. The number of unbranched alkanes of at least 4 members (excludes halogenated alkanes) is 5. The Morgan fingerprint density at radius 1 is 0.667 bits per heavy atom. The number of hydrogen-bond acceptors (Lipinski definition) is 5. The molecule has 0 aliphatic heterocycles. The fourth-order valence-corrected chi connectivity index (χ4v) is 3.64. The van der Waals surface area contributed by atoms with Crippen LogP contribution in [0.3, 0.4) is 0 Å². The van der Waals surface area contributed by atoms with Crippen LogP contribution in [-0.2, 0) is 6.42 Å². The molecule has 190 valence electrons. The Morgan fingerprint density at radius 3 is 1.64 bits per heavy atom. The van der Waals surface area contributed by atoms with E-state index < -0.39 is 5.97 Å². The van der Waals surface area contributed by atoms with Crippen molar-refractivity contribution in [2.75, 3.05) is 13.2 Å². The van der Waals surface area contributed by atoms with Gasteiger partial charge >= 0.3 is 5.97 Å². The summed E-state index contributed by atoms with van der Waals surface area (Å²) in [6.07, 6.45) is 8.83. The van der Waals surface area contributed by atoms with Crippen molar-refractivity contribution in [2.24, 2.45) is 10.2 Å². The molecule has 0 atom stereocenters. The first-order chi connectivity index (χ1) is 17.6. The third kappa shape index (κ3) is 9.90. The van der Waals surface area contributed by atoms with Crippen molar-refractivity contribution >= 4 is 17.3 Å². The number of azo groups is 1. The van der Waals surface area contributed by atoms with E-state index in [0.29, 0.717) is 19.0 Å². The Hall–Kier alpha value is -3.67. The largest absolute Gasteiger partial charge is 0.494 e. The van der Waals surface area contributed by atoms with Crippen LogP contribution in [0.2, 0.25) is 0 Å². The third-order valence-corrected chi connectivity index (χ3v) is 5.80. The summed E-state index contributed by atoms with van der Waals surface area (Å²) in [6, 6.07) is 22.5. The lowest BCUT2D eigenvalue weighted by molar-refractivity contribution is 0.0697. The molecular weight excluding hydrogens is 452 g/mol. The van der Waals surface area contributed by atoms with Crippen LogP contribution in [-0.4, -0.2) is 24.3 Å². The van der Waals surface area contributed by atoms with Gasteiger partial charge in [0.2, 0.25) is 0 Å². The molecule has 0 amide bonds. The van der Waals surface area contributed by atoms with Crippen LogP contribution >= 0.6 is 0 Å². The van der Waals surface area contributed by atoms with E-state index >= 15 is 0 Å². The maximum Gasteiger partial charge on any atom is 0.335 e. The van der Waals surface area contributed by atoms with Crippen molar-refractivity contribution in [3.05, 3.63) is 83.9 Å². The molecule has 0 aromatic heterocycles. The molecule has 3 rings (SSSR count). The molecule has 0 radical (unpaired) electrons. The lowest BCUT2D eigenvalue weighted by Crippen LogP contribution is -2.00. The average molecular weight is 489 g/mol. The molecule has 0 unspecified atom stereocenters. The summed E-state index contributed by atoms with van der Waals surface area (Å²) in [5.74, 6) is 0.623. The zero-order valence-electron chi connectivity index (χ0n) is 21.1. The fourth-order valence-electron chi connectivity index (χ4n) is 3.64. The van der Waals surface area contributed by atoms with Gasteiger partial charge in [0.1, 0.15) is 11.5 Å². The van der Waals surface area contributed by atoms with Gasteiger partial charge in [-0.05, 0) is 91.9 Å². The van der Waals surface area contributed by atoms with Crippen LogP contribution in [0.25, 0.3) is 0 Å². The zero-order valence-corrected chi connectivity index (χ0v) is 21.1. The van der Waals surface area contributed by atoms with Gasteiger partial charge in [0.25, 0.3) is 0 Å². The van der Waals surface area contributed by atoms with E-state index in [1.165, 1.54) is 18.4 Å². The van der Waals surface area contributed by atoms with Crippen LogP contribution in [0.4, 0.5) is 11.4 Å². The van der Waals surface area contributed by atoms with E-state index in [1.807, 2.05) is 36.4 Å². The van der Waals surface area contributed by atoms with Gasteiger partial charge in [-0.15, -0.1) is 0 Å². The van der Waals surface area contributed by atoms with Crippen LogP contribution in [0.1, 0.15) is 67.8 Å². The molecule has 3 aromatic carbocycles. The molecule has 0 heterocycles. The first-order valence-corrected chi connectivity index (χ1v) is 12.8. The van der Waals surface area contributed by atoms with E-state index in [1.54, 1.807) is 24.3 Å². The maximum absolute atomic E-state index is 10.9. The van der Waals surface area contributed by atoms with Crippen molar-refractivity contribution in [3.8, 4) is 11.5 Å². The van der Waals surface area contributed by atoms with Crippen molar-refractivity contribution in [3.63, 3.8) is 0 Å². The van der Waals surface area contributed by atoms with E-state index in [-0.39, 0.29) is 5.56 Å². The lowest BCUT2D eigenvalue weighted by Gasteiger charge is -2.07. The highest BCUT2D eigenvalue weighted by molar-refractivity contribution is 5.87. The first kappa shape index (κ1) is 26.9. The predicted molar refractivity (Wildman–Crippen MR) is 143 cm³/mol. The van der Waals surface area contributed by atoms with Gasteiger partial charge in [0.05, 0.1) is 30.2 Å². The van der Waals surface area contributed by atoms with Crippen LogP contribution in [0, 0.1) is 0 Å². The first-order valence-electron chi connectivity index (χ1n) is 12.8. The summed E-state index contributed by atoms with van der Waals surface area (Å²) in [5.41, 5.74) is 3.27. The second-order valence-electron chi connectivity index (χ2n) is 8.76. The molecule has 6 heteroatoms. The molecule has 3 aromatic rings. The Bertz CT molecular complexity index is 1060. The predicted octanol–water partition coefficient (Wildman–Crippen LogP) is 8.55. The number of aromatic carboxylic acids is 1. The van der Waals surface area contributed by atoms with Crippen LogP contribution in [0.5, 0.6) is 11.5 Å². The van der Waals surface area contributed by atoms with Crippen molar-refractivity contribution in [2.45, 2.75) is 58.3 Å². The average Bonchev–Trinajstić information content (AvgIpc) is 2.91. The smallest absolute Gasteiger partial charge is 0.335 e. The molecule has 36 heavy (non-hydrogen) atoms. The number of ether oxygens (including phenoxy) is 2. The Morgan fingerprint density at radius 2 is 1.14 bits per heavy atom. The lowest BCUT2D eigenvalue weighted by atomic mass is 10.1. The highest BCUT2D eigenvalue weighted by Gasteiger charge is 2.02. The molecule has 0 aliphatic carbocycles. The van der Waals surface area contributed by atoms with Gasteiger partial charge in [0, 0.05) is 0 Å². The Balaban J connectivity index is 1.24. The Kier molecular flexibility index (Phi) is 11.5. The summed E-state index contributed by atoms with van der Waals surface area (Å²) < 4.78 is 11.5. The van der Waals surface area contributed by atoms with E-state index in [2.05, 4.69) is 29.3 Å². The fraction of sp³-hybridized carbons (Fsp3) is 0.367. The minimum Gasteiger partial charge on any atom is -0.494 e. The van der Waals surface area contributed by atoms with Crippen LogP contribution in [0.15, 0.2) is 83.0 Å². The second kappa shape index (κ2) is 15.4. The number of nitrogens with zero attached hydrogens (tertiary/aromatic N) is 2. The summed E-state index contributed by atoms with van der Waals surface area (Å²) in [7, 11) is 0. The molecule has 0 fully saturated rings. The van der Waals surface area contributed by atoms with E-state index in [9.17, 15) is 4.79 Å². The monoisotopic (exact) mass is 488 g/mol. The highest BCUT2D eigenvalue weighted by atomic mass is 16.5. The van der Waals surface area contributed by atoms with Crippen molar-refractivity contribution in [1.82, 2.24) is 0 Å². The number of benzene rings is 3. The molecule has 1 N–H and O–H groups in total. The van der Waals surface area contributed by atoms with Gasteiger partial charge in [-0.2, -0.15) is 10.2 Å². The molecule has 0 saturated carbocycles. The van der Waals surface area contributed by atoms with Gasteiger partial charge in [0.15, 0.2) is 0 Å². The molecule has 0 aliphatic rings. The minimum absolute atomic E-state index is 0.269. The standard InChI is InChI=1S/C30H36N2O4/c1-2-3-9-24-10-14-26(15-11-24)31-32-27-16-20-29(21-17-27)36-23-8-6-4-5-7-22-35-28-18-12-25(13-19-28)30(33)34/h10-21H,2-9,22-23H2,1H3,(H,33,34). The summed E-state index contributed by atoms with van der Waals surface area (Å²) >= 11 is 0. The highest BCUT2D eigenvalue weighted by Crippen LogP contribution is 2.22. The van der Waals surface area contributed by atoms with Gasteiger partial charge < -0.3 is 14.6 Å². The van der Waals surface area contributed by atoms with Gasteiger partial charge in [-0.1, -0.05) is 44.7 Å². The quantitative estimate of drug-likeness (QED) is 0.162. The summed E-state index contributed by atoms with van der Waals surface area (Å²) in [6.45, 7) is 3.53. The van der Waals surface area contributed by atoms with Gasteiger partial charge in [-0.25, -0.2) is 4.79 Å². The number of hydrogen-bond donors (Lipinski definition) is 1. The van der Waals surface area contributed by atoms with E-state index in [0.717, 1.165) is 55.6 Å². The van der Waals surface area contributed by atoms with Crippen molar-refractivity contribution < 1.29 is 19.4 Å². The summed E-state index contributed by atoms with van der Waals surface area (Å²) in [5, 5.41) is 17.6. The number of carbonyl (C=O) groups is 1.